The third kappa shape index (κ3) is 1.96. The molecule has 0 radical (unpaired) electrons. The van der Waals surface area contributed by atoms with E-state index in [9.17, 15) is 0 Å². The van der Waals surface area contributed by atoms with Crippen molar-refractivity contribution < 1.29 is 0 Å². The van der Waals surface area contributed by atoms with Crippen LogP contribution in [-0.2, 0) is 0 Å². The summed E-state index contributed by atoms with van der Waals surface area (Å²) in [6, 6.07) is 2.22. The van der Waals surface area contributed by atoms with E-state index in [1.165, 1.54) is 0 Å². The molecule has 0 N–H and O–H groups in total. The summed E-state index contributed by atoms with van der Waals surface area (Å²) in [5.74, 6) is 0. The molecule has 0 aromatic heterocycles. The maximum Gasteiger partial charge on any atom is 0.0871 e. The van der Waals surface area contributed by atoms with E-state index in [-0.39, 0.29) is 5.54 Å². The maximum absolute atomic E-state index is 8.61. The summed E-state index contributed by atoms with van der Waals surface area (Å²) in [5.41, 5.74) is 0.155. The Kier molecular flexibility index (Phi) is 2.71. The van der Waals surface area contributed by atoms with Crippen LogP contribution in [0.2, 0.25) is 0 Å². The van der Waals surface area contributed by atoms with Gasteiger partial charge in [0.1, 0.15) is 0 Å². The van der Waals surface area contributed by atoms with Crippen LogP contribution < -0.4 is 0 Å². The van der Waals surface area contributed by atoms with Crippen molar-refractivity contribution >= 4 is 0 Å². The van der Waals surface area contributed by atoms with Gasteiger partial charge in [-0.1, -0.05) is 0 Å². The average Bonchev–Trinajstić information content (AvgIpc) is 1.94. The van der Waals surface area contributed by atoms with E-state index in [0.717, 1.165) is 19.6 Å². The van der Waals surface area contributed by atoms with E-state index in [4.69, 9.17) is 5.26 Å². The normalized spacial score (nSPS) is 25.2. The fraction of sp³-hybridized carbons (Fsp3) is 0.889. The Hall–Kier alpha value is -0.590. The van der Waals surface area contributed by atoms with Crippen LogP contribution in [0.4, 0.5) is 0 Å². The first-order chi connectivity index (χ1) is 5.56. The summed E-state index contributed by atoms with van der Waals surface area (Å²) < 4.78 is 0. The first-order valence-electron chi connectivity index (χ1n) is 4.37. The largest absolute Gasteiger partial charge is 0.303 e. The van der Waals surface area contributed by atoms with Gasteiger partial charge in [-0.2, -0.15) is 5.26 Å². The average molecular weight is 167 g/mol. The van der Waals surface area contributed by atoms with Crippen molar-refractivity contribution in [3.8, 4) is 6.07 Å². The molecule has 1 aliphatic heterocycles. The number of nitriles is 1. The first-order valence-corrected chi connectivity index (χ1v) is 4.37. The molecule has 0 spiro atoms. The Labute approximate surface area is 74.6 Å². The molecule has 0 aromatic rings. The van der Waals surface area contributed by atoms with Gasteiger partial charge < -0.3 is 4.90 Å². The lowest BCUT2D eigenvalue weighted by Gasteiger charge is -2.44. The highest BCUT2D eigenvalue weighted by molar-refractivity contribution is 4.93. The monoisotopic (exact) mass is 167 g/mol. The predicted octanol–water partition coefficient (Wildman–Crippen LogP) is 0.536. The van der Waals surface area contributed by atoms with Crippen molar-refractivity contribution in [2.24, 2.45) is 0 Å². The van der Waals surface area contributed by atoms with Gasteiger partial charge in [0.15, 0.2) is 0 Å². The molecule has 0 amide bonds. The van der Waals surface area contributed by atoms with Crippen LogP contribution in [0.5, 0.6) is 0 Å². The van der Waals surface area contributed by atoms with Crippen molar-refractivity contribution in [3.63, 3.8) is 0 Å². The van der Waals surface area contributed by atoms with Gasteiger partial charge in [0.05, 0.1) is 12.6 Å². The van der Waals surface area contributed by atoms with Crippen LogP contribution in [0.15, 0.2) is 0 Å². The predicted molar refractivity (Wildman–Crippen MR) is 48.8 cm³/mol. The third-order valence-electron chi connectivity index (χ3n) is 2.53. The molecule has 1 aliphatic rings. The summed E-state index contributed by atoms with van der Waals surface area (Å²) >= 11 is 0. The minimum atomic E-state index is 0.155. The van der Waals surface area contributed by atoms with Crippen LogP contribution >= 0.6 is 0 Å². The highest BCUT2D eigenvalue weighted by Crippen LogP contribution is 2.18. The van der Waals surface area contributed by atoms with Gasteiger partial charge in [0.2, 0.25) is 0 Å². The lowest BCUT2D eigenvalue weighted by molar-refractivity contribution is 0.0428. The number of rotatable bonds is 1. The standard InChI is InChI=1S/C9H17N3/c1-9(2)8-11(3)6-7-12(9)5-4-10/h5-8H2,1-3H3. The topological polar surface area (TPSA) is 30.3 Å². The van der Waals surface area contributed by atoms with Gasteiger partial charge >= 0.3 is 0 Å². The fourth-order valence-electron chi connectivity index (χ4n) is 1.81. The zero-order chi connectivity index (χ0) is 9.19. The zero-order valence-corrected chi connectivity index (χ0v) is 8.17. The smallest absolute Gasteiger partial charge is 0.0871 e. The quantitative estimate of drug-likeness (QED) is 0.534. The molecule has 0 unspecified atom stereocenters. The first kappa shape index (κ1) is 9.50. The fourth-order valence-corrected chi connectivity index (χ4v) is 1.81. The van der Waals surface area contributed by atoms with Gasteiger partial charge in [-0.3, -0.25) is 4.90 Å². The van der Waals surface area contributed by atoms with Crippen LogP contribution in [0.1, 0.15) is 13.8 Å². The van der Waals surface area contributed by atoms with Gasteiger partial charge in [-0.25, -0.2) is 0 Å². The Morgan fingerprint density at radius 1 is 1.42 bits per heavy atom. The van der Waals surface area contributed by atoms with E-state index < -0.39 is 0 Å². The van der Waals surface area contributed by atoms with Gasteiger partial charge in [-0.15, -0.1) is 0 Å². The molecule has 0 bridgehead atoms. The molecule has 12 heavy (non-hydrogen) atoms. The number of hydrogen-bond donors (Lipinski definition) is 0. The van der Waals surface area contributed by atoms with Crippen LogP contribution in [0.3, 0.4) is 0 Å². The van der Waals surface area contributed by atoms with E-state index in [1.807, 2.05) is 0 Å². The second-order valence-electron chi connectivity index (χ2n) is 4.13. The number of piperazine rings is 1. The lowest BCUT2D eigenvalue weighted by Crippen LogP contribution is -2.58. The molecule has 1 heterocycles. The molecule has 3 heteroatoms. The Morgan fingerprint density at radius 3 is 2.58 bits per heavy atom. The highest BCUT2D eigenvalue weighted by Gasteiger charge is 2.31. The summed E-state index contributed by atoms with van der Waals surface area (Å²) in [6.45, 7) is 8.08. The van der Waals surface area contributed by atoms with Crippen molar-refractivity contribution in [3.05, 3.63) is 0 Å². The highest BCUT2D eigenvalue weighted by atomic mass is 15.3. The SMILES string of the molecule is CN1CCN(CC#N)C(C)(C)C1. The van der Waals surface area contributed by atoms with Gasteiger partial charge in [0, 0.05) is 25.2 Å². The minimum absolute atomic E-state index is 0.155. The molecule has 0 aromatic carbocycles. The van der Waals surface area contributed by atoms with Crippen molar-refractivity contribution in [2.45, 2.75) is 19.4 Å². The minimum Gasteiger partial charge on any atom is -0.303 e. The number of nitrogens with zero attached hydrogens (tertiary/aromatic N) is 3. The van der Waals surface area contributed by atoms with Crippen LogP contribution in [-0.4, -0.2) is 48.6 Å². The number of likely N-dealkylation sites (N-methyl/N-ethyl adjacent to an activating group) is 1. The Morgan fingerprint density at radius 2 is 2.08 bits per heavy atom. The van der Waals surface area contributed by atoms with Crippen molar-refractivity contribution in [2.75, 3.05) is 33.2 Å². The Balaban J connectivity index is 2.59. The molecule has 1 fully saturated rings. The molecular weight excluding hydrogens is 150 g/mol. The molecule has 1 rings (SSSR count). The maximum atomic E-state index is 8.61. The van der Waals surface area contributed by atoms with E-state index in [2.05, 4.69) is 36.8 Å². The zero-order valence-electron chi connectivity index (χ0n) is 8.17. The second-order valence-corrected chi connectivity index (χ2v) is 4.13. The van der Waals surface area contributed by atoms with Crippen molar-refractivity contribution in [1.82, 2.24) is 9.80 Å². The van der Waals surface area contributed by atoms with E-state index in [1.54, 1.807) is 0 Å². The summed E-state index contributed by atoms with van der Waals surface area (Å²) in [5, 5.41) is 8.61. The van der Waals surface area contributed by atoms with Crippen LogP contribution in [0.25, 0.3) is 0 Å². The Bertz CT molecular complexity index is 192. The second kappa shape index (κ2) is 3.42. The molecule has 0 atom stereocenters. The van der Waals surface area contributed by atoms with Gasteiger partial charge in [-0.05, 0) is 20.9 Å². The molecule has 3 nitrogen and oxygen atoms in total. The summed E-state index contributed by atoms with van der Waals surface area (Å²) in [6.07, 6.45) is 0. The number of hydrogen-bond acceptors (Lipinski definition) is 3. The summed E-state index contributed by atoms with van der Waals surface area (Å²) in [7, 11) is 2.13. The van der Waals surface area contributed by atoms with Crippen molar-refractivity contribution in [1.29, 1.82) is 5.26 Å². The molecule has 0 aliphatic carbocycles. The molecule has 0 saturated carbocycles. The molecular formula is C9H17N3. The molecule has 1 saturated heterocycles. The van der Waals surface area contributed by atoms with E-state index in [0.29, 0.717) is 6.54 Å². The third-order valence-corrected chi connectivity index (χ3v) is 2.53. The molecule has 68 valence electrons. The summed E-state index contributed by atoms with van der Waals surface area (Å²) in [4.78, 5) is 4.56. The van der Waals surface area contributed by atoms with E-state index >= 15 is 0 Å². The van der Waals surface area contributed by atoms with Crippen LogP contribution in [0, 0.1) is 11.3 Å². The lowest BCUT2D eigenvalue weighted by atomic mass is 9.99. The van der Waals surface area contributed by atoms with Gasteiger partial charge in [0.25, 0.3) is 0 Å².